The fraction of sp³-hybridized carbons (Fsp3) is 0.250. The highest BCUT2D eigenvalue weighted by molar-refractivity contribution is 5.85. The maximum absolute atomic E-state index is 11.8. The van der Waals surface area contributed by atoms with E-state index in [1.807, 2.05) is 0 Å². The fourth-order valence-corrected chi connectivity index (χ4v) is 0.226. The zero-order valence-corrected chi connectivity index (χ0v) is 5.87. The minimum atomic E-state index is -2.70. The van der Waals surface area contributed by atoms with E-state index in [1.54, 1.807) is 0 Å². The average Bonchev–Trinajstić information content (AvgIpc) is 1.84. The highest BCUT2D eigenvalue weighted by Crippen LogP contribution is 2.11. The number of hydrogen-bond acceptors (Lipinski definition) is 2. The van der Waals surface area contributed by atoms with Gasteiger partial charge in [-0.05, 0) is 0 Å². The Labute approximate surface area is 66.1 Å². The first kappa shape index (κ1) is 12.9. The normalized spacial score (nSPS) is 11.3. The molecule has 0 fully saturated rings. The summed E-state index contributed by atoms with van der Waals surface area (Å²) in [4.78, 5) is 9.71. The zero-order valence-electron chi connectivity index (χ0n) is 5.05. The van der Waals surface area contributed by atoms with Crippen LogP contribution >= 0.6 is 12.4 Å². The van der Waals surface area contributed by atoms with Crippen molar-refractivity contribution in [2.45, 2.75) is 6.04 Å². The van der Waals surface area contributed by atoms with Crippen LogP contribution in [-0.2, 0) is 4.79 Å². The molecule has 0 aromatic carbocycles. The summed E-state index contributed by atoms with van der Waals surface area (Å²) in [5.74, 6) is -3.93. The van der Waals surface area contributed by atoms with E-state index in [1.165, 1.54) is 0 Å². The van der Waals surface area contributed by atoms with E-state index >= 15 is 0 Å². The maximum Gasteiger partial charge on any atom is 0.327 e. The Bertz CT molecular complexity index is 180. The standard InChI is InChI=1S/C4H4F3NO2.ClH/c5-1(3(6)7)2(8)4(9)10;/h2H,8H2,(H,9,10);1H. The number of carbonyl (C=O) groups is 1. The van der Waals surface area contributed by atoms with Crippen molar-refractivity contribution >= 4 is 18.4 Å². The summed E-state index contributed by atoms with van der Waals surface area (Å²) < 4.78 is 34.2. The Balaban J connectivity index is 0. The number of carboxylic acid groups (broad SMARTS) is 1. The SMILES string of the molecule is Cl.NC(C(=O)O)C(F)=C(F)F. The lowest BCUT2D eigenvalue weighted by atomic mass is 10.3. The van der Waals surface area contributed by atoms with E-state index in [9.17, 15) is 18.0 Å². The first-order valence-corrected chi connectivity index (χ1v) is 2.16. The minimum absolute atomic E-state index is 0. The van der Waals surface area contributed by atoms with Crippen molar-refractivity contribution in [3.63, 3.8) is 0 Å². The van der Waals surface area contributed by atoms with Crippen LogP contribution in [0.4, 0.5) is 13.2 Å². The number of carboxylic acids is 1. The molecular weight excluding hydrogens is 186 g/mol. The van der Waals surface area contributed by atoms with E-state index in [0.29, 0.717) is 0 Å². The molecule has 0 aromatic heterocycles. The third kappa shape index (κ3) is 3.84. The molecule has 0 rings (SSSR count). The largest absolute Gasteiger partial charge is 0.480 e. The third-order valence-electron chi connectivity index (χ3n) is 0.720. The molecule has 66 valence electrons. The predicted molar refractivity (Wildman–Crippen MR) is 33.2 cm³/mol. The molecular formula is C4H5ClF3NO2. The molecule has 0 radical (unpaired) electrons. The quantitative estimate of drug-likeness (QED) is 0.682. The molecule has 0 saturated heterocycles. The summed E-state index contributed by atoms with van der Waals surface area (Å²) in [5.41, 5.74) is 4.45. The lowest BCUT2D eigenvalue weighted by Gasteiger charge is -1.99. The Kier molecular flexibility index (Phi) is 5.83. The van der Waals surface area contributed by atoms with Crippen molar-refractivity contribution in [1.82, 2.24) is 0 Å². The van der Waals surface area contributed by atoms with Crippen molar-refractivity contribution in [3.8, 4) is 0 Å². The number of nitrogens with two attached hydrogens (primary N) is 1. The van der Waals surface area contributed by atoms with Crippen molar-refractivity contribution < 1.29 is 23.1 Å². The Hall–Kier alpha value is -0.750. The van der Waals surface area contributed by atoms with Gasteiger partial charge >= 0.3 is 12.0 Å². The second kappa shape index (κ2) is 4.97. The van der Waals surface area contributed by atoms with Crippen LogP contribution in [0.15, 0.2) is 11.9 Å². The van der Waals surface area contributed by atoms with E-state index < -0.39 is 23.9 Å². The number of rotatable bonds is 2. The van der Waals surface area contributed by atoms with Gasteiger partial charge in [-0.3, -0.25) is 4.79 Å². The van der Waals surface area contributed by atoms with Crippen LogP contribution in [0.5, 0.6) is 0 Å². The summed E-state index contributed by atoms with van der Waals surface area (Å²) in [5, 5.41) is 7.87. The van der Waals surface area contributed by atoms with E-state index in [4.69, 9.17) is 5.11 Å². The van der Waals surface area contributed by atoms with Gasteiger partial charge in [0, 0.05) is 0 Å². The summed E-state index contributed by atoms with van der Waals surface area (Å²) in [6.07, 6.45) is -2.70. The highest BCUT2D eigenvalue weighted by atomic mass is 35.5. The lowest BCUT2D eigenvalue weighted by molar-refractivity contribution is -0.138. The van der Waals surface area contributed by atoms with E-state index in [-0.39, 0.29) is 12.4 Å². The molecule has 1 unspecified atom stereocenters. The van der Waals surface area contributed by atoms with Gasteiger partial charge in [0.05, 0.1) is 0 Å². The molecule has 0 aliphatic heterocycles. The topological polar surface area (TPSA) is 63.3 Å². The van der Waals surface area contributed by atoms with Gasteiger partial charge in [0.25, 0.3) is 0 Å². The van der Waals surface area contributed by atoms with Gasteiger partial charge in [-0.1, -0.05) is 0 Å². The van der Waals surface area contributed by atoms with Crippen molar-refractivity contribution in [3.05, 3.63) is 11.9 Å². The van der Waals surface area contributed by atoms with Crippen LogP contribution in [0.3, 0.4) is 0 Å². The number of aliphatic carboxylic acids is 1. The van der Waals surface area contributed by atoms with Crippen LogP contribution in [0, 0.1) is 0 Å². The summed E-state index contributed by atoms with van der Waals surface area (Å²) >= 11 is 0. The summed E-state index contributed by atoms with van der Waals surface area (Å²) in [7, 11) is 0. The van der Waals surface area contributed by atoms with E-state index in [2.05, 4.69) is 5.73 Å². The number of hydrogen-bond donors (Lipinski definition) is 2. The number of halogens is 4. The highest BCUT2D eigenvalue weighted by Gasteiger charge is 2.21. The molecule has 3 nitrogen and oxygen atoms in total. The second-order valence-electron chi connectivity index (χ2n) is 1.42. The molecule has 0 aromatic rings. The van der Waals surface area contributed by atoms with Gasteiger partial charge in [-0.2, -0.15) is 8.78 Å². The Morgan fingerprint density at radius 2 is 1.73 bits per heavy atom. The second-order valence-corrected chi connectivity index (χ2v) is 1.42. The Morgan fingerprint density at radius 1 is 1.36 bits per heavy atom. The van der Waals surface area contributed by atoms with Gasteiger partial charge in [-0.15, -0.1) is 12.4 Å². The Morgan fingerprint density at radius 3 is 1.82 bits per heavy atom. The molecule has 0 saturated carbocycles. The third-order valence-corrected chi connectivity index (χ3v) is 0.720. The van der Waals surface area contributed by atoms with Crippen LogP contribution in [0.2, 0.25) is 0 Å². The molecule has 0 spiro atoms. The van der Waals surface area contributed by atoms with Crippen molar-refractivity contribution in [2.75, 3.05) is 0 Å². The average molecular weight is 192 g/mol. The minimum Gasteiger partial charge on any atom is -0.480 e. The van der Waals surface area contributed by atoms with Crippen molar-refractivity contribution in [1.29, 1.82) is 0 Å². The molecule has 1 atom stereocenters. The predicted octanol–water partition coefficient (Wildman–Crippen LogP) is 0.898. The van der Waals surface area contributed by atoms with Gasteiger partial charge < -0.3 is 10.8 Å². The van der Waals surface area contributed by atoms with Crippen molar-refractivity contribution in [2.24, 2.45) is 5.73 Å². The lowest BCUT2D eigenvalue weighted by Crippen LogP contribution is -2.30. The molecule has 0 aliphatic rings. The van der Waals surface area contributed by atoms with E-state index in [0.717, 1.165) is 0 Å². The van der Waals surface area contributed by atoms with Gasteiger partial charge in [0.15, 0.2) is 11.9 Å². The van der Waals surface area contributed by atoms with Gasteiger partial charge in [-0.25, -0.2) is 4.39 Å². The monoisotopic (exact) mass is 191 g/mol. The summed E-state index contributed by atoms with van der Waals surface area (Å²) in [6.45, 7) is 0. The van der Waals surface area contributed by atoms with Gasteiger partial charge in [0.1, 0.15) is 0 Å². The first-order valence-electron chi connectivity index (χ1n) is 2.16. The maximum atomic E-state index is 11.8. The van der Waals surface area contributed by atoms with Crippen LogP contribution in [0.25, 0.3) is 0 Å². The van der Waals surface area contributed by atoms with Crippen LogP contribution in [0.1, 0.15) is 0 Å². The molecule has 0 heterocycles. The smallest absolute Gasteiger partial charge is 0.327 e. The van der Waals surface area contributed by atoms with Crippen LogP contribution < -0.4 is 5.73 Å². The molecule has 3 N–H and O–H groups in total. The van der Waals surface area contributed by atoms with Crippen LogP contribution in [-0.4, -0.2) is 17.1 Å². The molecule has 7 heteroatoms. The first-order chi connectivity index (χ1) is 4.46. The zero-order chi connectivity index (χ0) is 8.31. The molecule has 0 amide bonds. The fourth-order valence-electron chi connectivity index (χ4n) is 0.226. The molecule has 0 aliphatic carbocycles. The molecule has 11 heavy (non-hydrogen) atoms. The van der Waals surface area contributed by atoms with Gasteiger partial charge in [0.2, 0.25) is 0 Å². The molecule has 0 bridgehead atoms. The summed E-state index contributed by atoms with van der Waals surface area (Å²) in [6, 6.07) is -2.26.